The molecule has 0 bridgehead atoms. The van der Waals surface area contributed by atoms with Crippen molar-refractivity contribution in [2.75, 3.05) is 24.7 Å². The lowest BCUT2D eigenvalue weighted by Crippen LogP contribution is -2.41. The van der Waals surface area contributed by atoms with Crippen molar-refractivity contribution in [1.82, 2.24) is 19.5 Å². The normalized spacial score (nSPS) is 25.5. The Kier molecular flexibility index (Phi) is 7.67. The number of aliphatic hydroxyl groups excluding tert-OH is 2. The van der Waals surface area contributed by atoms with E-state index in [0.29, 0.717) is 6.26 Å². The van der Waals surface area contributed by atoms with Gasteiger partial charge in [-0.05, 0) is 20.8 Å². The van der Waals surface area contributed by atoms with Gasteiger partial charge in [-0.3, -0.25) is 28.6 Å². The van der Waals surface area contributed by atoms with Gasteiger partial charge in [0.25, 0.3) is 5.56 Å². The number of H-pyrrole nitrogens is 1. The second-order valence-corrected chi connectivity index (χ2v) is 11.0. The van der Waals surface area contributed by atoms with Crippen LogP contribution in [0.1, 0.15) is 27.0 Å². The number of phosphoric acid groups is 1. The zero-order valence-electron chi connectivity index (χ0n) is 18.9. The summed E-state index contributed by atoms with van der Waals surface area (Å²) in [7, 11) is -4.67. The molecule has 0 amide bonds. The predicted octanol–water partition coefficient (Wildman–Crippen LogP) is -0.404. The summed E-state index contributed by atoms with van der Waals surface area (Å²) in [5.74, 6) is -0.600. The number of carbonyl (C=O) groups is 1. The van der Waals surface area contributed by atoms with Gasteiger partial charge in [-0.15, -0.1) is 0 Å². The molecule has 4 atom stereocenters. The lowest BCUT2D eigenvalue weighted by molar-refractivity contribution is -0.119. The lowest BCUT2D eigenvalue weighted by Gasteiger charge is -2.25. The van der Waals surface area contributed by atoms with E-state index in [1.807, 2.05) is 0 Å². The number of imidazole rings is 1. The molecule has 0 radical (unpaired) electrons. The summed E-state index contributed by atoms with van der Waals surface area (Å²) in [6.45, 7) is 3.65. The Morgan fingerprint density at radius 3 is 2.86 bits per heavy atom. The van der Waals surface area contributed by atoms with Crippen molar-refractivity contribution in [2.45, 2.75) is 38.7 Å². The number of nitrogen functional groups attached to an aromatic ring is 1. The summed E-state index contributed by atoms with van der Waals surface area (Å²) in [4.78, 5) is 44.0. The number of phosphoric ester groups is 1. The van der Waals surface area contributed by atoms with E-state index in [-0.39, 0.29) is 41.2 Å². The number of aromatic amines is 1. The van der Waals surface area contributed by atoms with Gasteiger partial charge in [0.15, 0.2) is 27.6 Å². The van der Waals surface area contributed by atoms with Crippen molar-refractivity contribution in [2.24, 2.45) is 5.41 Å². The van der Waals surface area contributed by atoms with Gasteiger partial charge in [-0.25, -0.2) is 9.55 Å². The van der Waals surface area contributed by atoms with Crippen LogP contribution in [0, 0.1) is 5.41 Å². The van der Waals surface area contributed by atoms with E-state index in [9.17, 15) is 34.4 Å². The van der Waals surface area contributed by atoms with Crippen LogP contribution in [0.3, 0.4) is 0 Å². The Morgan fingerprint density at radius 2 is 2.20 bits per heavy atom. The second kappa shape index (κ2) is 9.89. The molecule has 35 heavy (non-hydrogen) atoms. The average molecular weight is 535 g/mol. The van der Waals surface area contributed by atoms with Crippen molar-refractivity contribution < 1.29 is 43.4 Å². The highest BCUT2D eigenvalue weighted by Gasteiger charge is 2.52. The molecule has 194 valence electrons. The lowest BCUT2D eigenvalue weighted by atomic mass is 9.97. The van der Waals surface area contributed by atoms with Crippen LogP contribution in [0.15, 0.2) is 23.1 Å². The second-order valence-electron chi connectivity index (χ2n) is 8.48. The van der Waals surface area contributed by atoms with Crippen LogP contribution in [-0.2, 0) is 23.1 Å². The third kappa shape index (κ3) is 5.69. The van der Waals surface area contributed by atoms with Crippen molar-refractivity contribution >= 4 is 41.8 Å². The van der Waals surface area contributed by atoms with Gasteiger partial charge in [-0.2, -0.15) is 4.98 Å². The number of hydrogen-bond donors (Lipinski definition) is 6. The maximum Gasteiger partial charge on any atom is 0.526 e. The zero-order valence-corrected chi connectivity index (χ0v) is 20.7. The van der Waals surface area contributed by atoms with E-state index < -0.39 is 42.5 Å². The number of aromatic nitrogens is 4. The number of carbonyl (C=O) groups excluding carboxylic acids is 1. The van der Waals surface area contributed by atoms with Crippen molar-refractivity contribution in [3.05, 3.63) is 28.7 Å². The minimum absolute atomic E-state index is 0.0195. The third-order valence-electron chi connectivity index (χ3n) is 5.09. The number of fused-ring (bicyclic) bond motifs is 1. The molecule has 0 aliphatic carbocycles. The SMILES string of the molecule is CC(C)(CO)C(=O)SCCOP(=O)(O)OC=C1OC(n2cnc3c(=O)[nH]c(N)nc32)C(C)(O)C1O. The molecule has 0 spiro atoms. The molecule has 1 saturated heterocycles. The number of nitrogens with one attached hydrogen (secondary N) is 1. The molecule has 4 unspecified atom stereocenters. The third-order valence-corrected chi connectivity index (χ3v) is 7.16. The zero-order chi connectivity index (χ0) is 26.2. The van der Waals surface area contributed by atoms with Gasteiger partial charge in [0.2, 0.25) is 12.2 Å². The van der Waals surface area contributed by atoms with Crippen LogP contribution in [0.25, 0.3) is 11.2 Å². The number of aliphatic hydroxyl groups is 3. The molecule has 0 saturated carbocycles. The Labute approximate surface area is 202 Å². The fourth-order valence-electron chi connectivity index (χ4n) is 2.98. The molecule has 2 aromatic rings. The van der Waals surface area contributed by atoms with Gasteiger partial charge >= 0.3 is 7.82 Å². The highest BCUT2D eigenvalue weighted by atomic mass is 32.2. The number of nitrogens with two attached hydrogens (primary N) is 1. The first kappa shape index (κ1) is 27.1. The van der Waals surface area contributed by atoms with Crippen molar-refractivity contribution in [3.63, 3.8) is 0 Å². The number of rotatable bonds is 9. The van der Waals surface area contributed by atoms with E-state index in [0.717, 1.165) is 18.1 Å². The summed E-state index contributed by atoms with van der Waals surface area (Å²) in [5.41, 5.74) is 1.86. The fourth-order valence-corrected chi connectivity index (χ4v) is 4.53. The summed E-state index contributed by atoms with van der Waals surface area (Å²) in [6.07, 6.45) is -1.29. The van der Waals surface area contributed by atoms with Gasteiger partial charge in [-0.1, -0.05) is 11.8 Å². The van der Waals surface area contributed by atoms with Gasteiger partial charge < -0.3 is 30.3 Å². The molecular formula is C18H26N5O10PS. The summed E-state index contributed by atoms with van der Waals surface area (Å²) < 4.78 is 28.4. The number of thioether (sulfide) groups is 1. The van der Waals surface area contributed by atoms with Crippen LogP contribution in [0.5, 0.6) is 0 Å². The van der Waals surface area contributed by atoms with Crippen molar-refractivity contribution in [1.29, 1.82) is 0 Å². The largest absolute Gasteiger partial charge is 0.526 e. The minimum Gasteiger partial charge on any atom is -0.465 e. The van der Waals surface area contributed by atoms with E-state index in [1.165, 1.54) is 11.5 Å². The molecule has 2 aromatic heterocycles. The number of hydrogen-bond acceptors (Lipinski definition) is 13. The predicted molar refractivity (Wildman–Crippen MR) is 123 cm³/mol. The molecule has 3 rings (SSSR count). The van der Waals surface area contributed by atoms with Crippen LogP contribution >= 0.6 is 19.6 Å². The highest BCUT2D eigenvalue weighted by molar-refractivity contribution is 8.13. The van der Waals surface area contributed by atoms with Gasteiger partial charge in [0.05, 0.1) is 18.6 Å². The van der Waals surface area contributed by atoms with Crippen LogP contribution in [0.2, 0.25) is 0 Å². The Morgan fingerprint density at radius 1 is 1.51 bits per heavy atom. The molecule has 1 aliphatic heterocycles. The van der Waals surface area contributed by atoms with Crippen LogP contribution < -0.4 is 11.3 Å². The van der Waals surface area contributed by atoms with Crippen LogP contribution in [0.4, 0.5) is 5.95 Å². The molecule has 17 heteroatoms. The van der Waals surface area contributed by atoms with Gasteiger partial charge in [0, 0.05) is 5.75 Å². The molecule has 0 aromatic carbocycles. The number of nitrogens with zero attached hydrogens (tertiary/aromatic N) is 3. The smallest absolute Gasteiger partial charge is 0.465 e. The standard InChI is InChI=1S/C18H26N5O10PS/c1-17(2,7-24)15(27)35-5-4-31-34(29,30)32-6-9-11(25)18(3,28)14(33-9)23-8-20-10-12(23)21-16(19)22-13(10)26/h6,8,11,14,24-25,28H,4-5,7H2,1-3H3,(H,29,30)(H3,19,21,22,26). The van der Waals surface area contributed by atoms with Gasteiger partial charge in [0.1, 0.15) is 18.7 Å². The topological polar surface area (TPSA) is 232 Å². The van der Waals surface area contributed by atoms with E-state index in [4.69, 9.17) is 19.5 Å². The molecule has 7 N–H and O–H groups in total. The Bertz CT molecular complexity index is 1240. The van der Waals surface area contributed by atoms with Crippen molar-refractivity contribution in [3.8, 4) is 0 Å². The average Bonchev–Trinajstić information content (AvgIpc) is 3.28. The molecule has 3 heterocycles. The maximum absolute atomic E-state index is 12.2. The van der Waals surface area contributed by atoms with E-state index in [2.05, 4.69) is 15.0 Å². The maximum atomic E-state index is 12.2. The van der Waals surface area contributed by atoms with E-state index >= 15 is 0 Å². The van der Waals surface area contributed by atoms with Crippen LogP contribution in [-0.4, -0.2) is 75.5 Å². The molecule has 1 aliphatic rings. The molecule has 15 nitrogen and oxygen atoms in total. The first-order chi connectivity index (χ1) is 16.2. The summed E-state index contributed by atoms with van der Waals surface area (Å²) >= 11 is 0.821. The van der Waals surface area contributed by atoms with E-state index in [1.54, 1.807) is 13.8 Å². The molecular weight excluding hydrogens is 509 g/mol. The molecule has 1 fully saturated rings. The fraction of sp³-hybridized carbons (Fsp3) is 0.556. The first-order valence-corrected chi connectivity index (χ1v) is 12.6. The number of anilines is 1. The minimum atomic E-state index is -4.67. The number of ether oxygens (including phenoxy) is 1. The first-order valence-electron chi connectivity index (χ1n) is 10.1. The Hall–Kier alpha value is -2.46. The summed E-state index contributed by atoms with van der Waals surface area (Å²) in [6, 6.07) is 0. The summed E-state index contributed by atoms with van der Waals surface area (Å²) in [5, 5.41) is 30.2. The monoisotopic (exact) mass is 535 g/mol. The quantitative estimate of drug-likeness (QED) is 0.136. The highest BCUT2D eigenvalue weighted by Crippen LogP contribution is 2.46. The Balaban J connectivity index is 1.68.